The van der Waals surface area contributed by atoms with Crippen molar-refractivity contribution in [2.24, 2.45) is 0 Å². The Labute approximate surface area is 212 Å². The van der Waals surface area contributed by atoms with Gasteiger partial charge < -0.3 is 14.2 Å². The summed E-state index contributed by atoms with van der Waals surface area (Å²) >= 11 is 1.05. The van der Waals surface area contributed by atoms with Gasteiger partial charge in [-0.2, -0.15) is 10.2 Å². The zero-order chi connectivity index (χ0) is 26.4. The monoisotopic (exact) mass is 510 g/mol. The maximum atomic E-state index is 13.1. The number of esters is 1. The van der Waals surface area contributed by atoms with Crippen LogP contribution in [0, 0.1) is 25.2 Å². The molecule has 0 saturated carbocycles. The Balaban J connectivity index is 1.81. The van der Waals surface area contributed by atoms with Crippen LogP contribution >= 0.6 is 11.3 Å². The topological polar surface area (TPSA) is 143 Å². The van der Waals surface area contributed by atoms with Gasteiger partial charge in [-0.25, -0.2) is 9.78 Å². The number of ether oxygens (including phenoxy) is 1. The van der Waals surface area contributed by atoms with Crippen LogP contribution in [-0.2, 0) is 14.3 Å². The third-order valence-electron chi connectivity index (χ3n) is 5.15. The quantitative estimate of drug-likeness (QED) is 0.295. The van der Waals surface area contributed by atoms with Crippen LogP contribution < -0.4 is 9.80 Å². The van der Waals surface area contributed by atoms with Gasteiger partial charge in [-0.05, 0) is 32.9 Å². The summed E-state index contributed by atoms with van der Waals surface area (Å²) in [6.45, 7) is 6.83. The maximum Gasteiger partial charge on any atom is 0.350 e. The lowest BCUT2D eigenvalue weighted by Gasteiger charge is -2.27. The number of anilines is 2. The summed E-state index contributed by atoms with van der Waals surface area (Å²) in [6, 6.07) is 8.18. The van der Waals surface area contributed by atoms with Gasteiger partial charge in [0.05, 0.1) is 30.3 Å². The van der Waals surface area contributed by atoms with E-state index >= 15 is 0 Å². The van der Waals surface area contributed by atoms with E-state index < -0.39 is 12.0 Å². The van der Waals surface area contributed by atoms with E-state index in [1.807, 2.05) is 6.07 Å². The van der Waals surface area contributed by atoms with Gasteiger partial charge in [0.2, 0.25) is 24.0 Å². The number of carbonyl (C=O) groups is 3. The largest absolute Gasteiger partial charge is 0.459 e. The molecule has 188 valence electrons. The van der Waals surface area contributed by atoms with Crippen molar-refractivity contribution in [2.75, 3.05) is 16.8 Å². The van der Waals surface area contributed by atoms with E-state index in [0.717, 1.165) is 11.3 Å². The molecule has 0 aliphatic heterocycles. The molecule has 0 saturated heterocycles. The number of hydrogen-bond donors (Lipinski definition) is 0. The van der Waals surface area contributed by atoms with E-state index in [2.05, 4.69) is 15.1 Å². The van der Waals surface area contributed by atoms with Crippen LogP contribution in [0.2, 0.25) is 0 Å². The second-order valence-corrected chi connectivity index (χ2v) is 9.22. The molecule has 0 unspecified atom stereocenters. The molecule has 0 N–H and O–H groups in total. The summed E-state index contributed by atoms with van der Waals surface area (Å²) in [4.78, 5) is 49.0. The number of benzene rings is 1. The molecule has 0 radical (unpaired) electrons. The Morgan fingerprint density at radius 1 is 1.28 bits per heavy atom. The van der Waals surface area contributed by atoms with Gasteiger partial charge in [0.15, 0.2) is 5.13 Å². The Bertz CT molecular complexity index is 1290. The molecule has 2 heterocycles. The number of thiazole rings is 1. The summed E-state index contributed by atoms with van der Waals surface area (Å²) in [6.07, 6.45) is 0.0834. The fraction of sp³-hybridized carbons (Fsp3) is 0.375. The van der Waals surface area contributed by atoms with Crippen molar-refractivity contribution in [2.45, 2.75) is 52.7 Å². The fourth-order valence-electron chi connectivity index (χ4n) is 3.38. The average Bonchev–Trinajstić information content (AvgIpc) is 3.44. The van der Waals surface area contributed by atoms with Crippen LogP contribution in [0.3, 0.4) is 0 Å². The van der Waals surface area contributed by atoms with Crippen LogP contribution in [0.5, 0.6) is 0 Å². The second-order valence-electron chi connectivity index (χ2n) is 8.24. The highest BCUT2D eigenvalue weighted by molar-refractivity contribution is 7.17. The second kappa shape index (κ2) is 11.5. The third kappa shape index (κ3) is 6.11. The number of nitriles is 1. The number of amides is 2. The summed E-state index contributed by atoms with van der Waals surface area (Å²) in [5, 5.41) is 13.6. The Kier molecular flexibility index (Phi) is 8.50. The van der Waals surface area contributed by atoms with Crippen molar-refractivity contribution >= 4 is 40.4 Å². The number of aryl methyl sites for hydroxylation is 2. The molecule has 0 fully saturated rings. The number of carbonyl (C=O) groups excluding carboxylic acids is 3. The maximum absolute atomic E-state index is 13.1. The Hall–Kier alpha value is -4.11. The highest BCUT2D eigenvalue weighted by atomic mass is 32.1. The predicted octanol–water partition coefficient (Wildman–Crippen LogP) is 3.67. The summed E-state index contributed by atoms with van der Waals surface area (Å²) in [7, 11) is 1.53. The lowest BCUT2D eigenvalue weighted by Crippen LogP contribution is -2.39. The first-order valence-electron chi connectivity index (χ1n) is 11.1. The van der Waals surface area contributed by atoms with E-state index in [4.69, 9.17) is 9.26 Å². The predicted molar refractivity (Wildman–Crippen MR) is 132 cm³/mol. The molecule has 3 rings (SSSR count). The van der Waals surface area contributed by atoms with Crippen molar-refractivity contribution in [1.82, 2.24) is 15.1 Å². The molecule has 3 aromatic rings. The standard InChI is InChI=1S/C24H26N6O5S/c1-14(2)34-23(33)21-15(3)26-24(36-21)29(5)20(32)12-19(9-10-25)30(13-31)18-8-6-7-17(11-18)22-27-16(4)35-28-22/h6-8,11,13-14,19H,9,12H2,1-5H3/t19-/m1/s1. The lowest BCUT2D eigenvalue weighted by atomic mass is 10.1. The third-order valence-corrected chi connectivity index (χ3v) is 6.36. The molecule has 1 aromatic carbocycles. The highest BCUT2D eigenvalue weighted by Crippen LogP contribution is 2.29. The van der Waals surface area contributed by atoms with Gasteiger partial charge in [0, 0.05) is 31.6 Å². The molecule has 0 aliphatic rings. The molecule has 11 nitrogen and oxygen atoms in total. The normalized spacial score (nSPS) is 11.6. The average molecular weight is 511 g/mol. The zero-order valence-corrected chi connectivity index (χ0v) is 21.4. The first-order chi connectivity index (χ1) is 17.1. The number of hydrogen-bond acceptors (Lipinski definition) is 10. The Morgan fingerprint density at radius 3 is 2.64 bits per heavy atom. The van der Waals surface area contributed by atoms with Crippen LogP contribution in [-0.4, -0.2) is 52.6 Å². The Morgan fingerprint density at radius 2 is 2.03 bits per heavy atom. The number of rotatable bonds is 10. The molecule has 12 heteroatoms. The van der Waals surface area contributed by atoms with E-state index in [0.29, 0.717) is 45.1 Å². The first kappa shape index (κ1) is 26.5. The van der Waals surface area contributed by atoms with Gasteiger partial charge in [-0.15, -0.1) is 0 Å². The number of aromatic nitrogens is 3. The van der Waals surface area contributed by atoms with Crippen molar-refractivity contribution in [3.63, 3.8) is 0 Å². The molecule has 1 atom stereocenters. The minimum atomic E-state index is -0.740. The lowest BCUT2D eigenvalue weighted by molar-refractivity contribution is -0.118. The number of nitrogens with zero attached hydrogens (tertiary/aromatic N) is 6. The molecular formula is C24H26N6O5S. The summed E-state index contributed by atoms with van der Waals surface area (Å²) in [5.41, 5.74) is 1.55. The molecule has 0 aliphatic carbocycles. The molecule has 0 spiro atoms. The van der Waals surface area contributed by atoms with Gasteiger partial charge in [0.1, 0.15) is 4.88 Å². The zero-order valence-electron chi connectivity index (χ0n) is 20.6. The fourth-order valence-corrected chi connectivity index (χ4v) is 4.31. The van der Waals surface area contributed by atoms with Gasteiger partial charge in [-0.3, -0.25) is 14.5 Å². The summed E-state index contributed by atoms with van der Waals surface area (Å²) in [5.74, 6) is -0.113. The SMILES string of the molecule is Cc1nc(-c2cccc(N(C=O)[C@H](CC#N)CC(=O)N(C)c3nc(C)c(C(=O)OC(C)C)s3)c2)no1. The van der Waals surface area contributed by atoms with E-state index in [1.165, 1.54) is 16.8 Å². The smallest absolute Gasteiger partial charge is 0.350 e. The summed E-state index contributed by atoms with van der Waals surface area (Å²) < 4.78 is 10.3. The minimum absolute atomic E-state index is 0.0767. The minimum Gasteiger partial charge on any atom is -0.459 e. The van der Waals surface area contributed by atoms with Crippen molar-refractivity contribution in [3.05, 3.63) is 40.7 Å². The van der Waals surface area contributed by atoms with Crippen LogP contribution in [0.1, 0.15) is 47.9 Å². The molecule has 36 heavy (non-hydrogen) atoms. The van der Waals surface area contributed by atoms with E-state index in [9.17, 15) is 19.6 Å². The van der Waals surface area contributed by atoms with Crippen molar-refractivity contribution < 1.29 is 23.6 Å². The van der Waals surface area contributed by atoms with Crippen LogP contribution in [0.15, 0.2) is 28.8 Å². The van der Waals surface area contributed by atoms with Crippen molar-refractivity contribution in [3.8, 4) is 17.5 Å². The van der Waals surface area contributed by atoms with E-state index in [-0.39, 0.29) is 24.9 Å². The van der Waals surface area contributed by atoms with Crippen molar-refractivity contribution in [1.29, 1.82) is 5.26 Å². The van der Waals surface area contributed by atoms with Crippen LogP contribution in [0.25, 0.3) is 11.4 Å². The molecule has 2 amide bonds. The van der Waals surface area contributed by atoms with Crippen LogP contribution in [0.4, 0.5) is 10.8 Å². The molecule has 0 bridgehead atoms. The van der Waals surface area contributed by atoms with Gasteiger partial charge in [-0.1, -0.05) is 28.6 Å². The molecular weight excluding hydrogens is 484 g/mol. The van der Waals surface area contributed by atoms with Gasteiger partial charge in [0.25, 0.3) is 0 Å². The highest BCUT2D eigenvalue weighted by Gasteiger charge is 2.27. The molecule has 2 aromatic heterocycles. The van der Waals surface area contributed by atoms with Gasteiger partial charge >= 0.3 is 5.97 Å². The first-order valence-corrected chi connectivity index (χ1v) is 11.9. The van der Waals surface area contributed by atoms with E-state index in [1.54, 1.807) is 52.0 Å².